The standard InChI is InChI=1S/C15H23N3O3S/c1-2-10-18(13-15(19)17-11-8-16-9-12-17)22(20,21)14-6-4-3-5-7-14/h3-7,16H,2,8-13H2,1H3. The molecule has 1 N–H and O–H groups in total. The van der Waals surface area contributed by atoms with Crippen molar-refractivity contribution in [3.8, 4) is 0 Å². The monoisotopic (exact) mass is 325 g/mol. The number of rotatable bonds is 6. The molecule has 6 nitrogen and oxygen atoms in total. The van der Waals surface area contributed by atoms with Crippen molar-refractivity contribution in [1.82, 2.24) is 14.5 Å². The number of nitrogens with one attached hydrogen (secondary N) is 1. The van der Waals surface area contributed by atoms with Gasteiger partial charge in [-0.1, -0.05) is 25.1 Å². The van der Waals surface area contributed by atoms with Gasteiger partial charge in [-0.05, 0) is 18.6 Å². The van der Waals surface area contributed by atoms with Crippen LogP contribution in [0, 0.1) is 0 Å². The van der Waals surface area contributed by atoms with Crippen molar-refractivity contribution >= 4 is 15.9 Å². The van der Waals surface area contributed by atoms with Gasteiger partial charge in [0.1, 0.15) is 0 Å². The molecule has 1 aromatic rings. The molecule has 2 rings (SSSR count). The third-order valence-corrected chi connectivity index (χ3v) is 5.49. The minimum Gasteiger partial charge on any atom is -0.339 e. The molecule has 0 saturated carbocycles. The predicted molar refractivity (Wildman–Crippen MR) is 84.9 cm³/mol. The van der Waals surface area contributed by atoms with Gasteiger partial charge in [0.15, 0.2) is 0 Å². The molecule has 0 spiro atoms. The molecule has 1 fully saturated rings. The molecule has 1 amide bonds. The number of piperazine rings is 1. The minimum absolute atomic E-state index is 0.0922. The van der Waals surface area contributed by atoms with Crippen LogP contribution in [0.15, 0.2) is 35.2 Å². The fourth-order valence-electron chi connectivity index (χ4n) is 2.44. The second-order valence-corrected chi connectivity index (χ2v) is 7.22. The van der Waals surface area contributed by atoms with Gasteiger partial charge >= 0.3 is 0 Å². The zero-order chi connectivity index (χ0) is 16.0. The predicted octanol–water partition coefficient (Wildman–Crippen LogP) is 0.519. The van der Waals surface area contributed by atoms with Crippen LogP contribution in [-0.2, 0) is 14.8 Å². The Morgan fingerprint density at radius 2 is 1.86 bits per heavy atom. The summed E-state index contributed by atoms with van der Waals surface area (Å²) in [4.78, 5) is 14.3. The molecule has 7 heteroatoms. The molecule has 0 radical (unpaired) electrons. The van der Waals surface area contributed by atoms with E-state index in [9.17, 15) is 13.2 Å². The van der Waals surface area contributed by atoms with E-state index >= 15 is 0 Å². The summed E-state index contributed by atoms with van der Waals surface area (Å²) in [6, 6.07) is 8.28. The van der Waals surface area contributed by atoms with Gasteiger partial charge in [-0.15, -0.1) is 0 Å². The Balaban J connectivity index is 2.13. The molecule has 0 aliphatic carbocycles. The van der Waals surface area contributed by atoms with Crippen molar-refractivity contribution in [3.05, 3.63) is 30.3 Å². The summed E-state index contributed by atoms with van der Waals surface area (Å²) in [7, 11) is -3.63. The maximum Gasteiger partial charge on any atom is 0.243 e. The van der Waals surface area contributed by atoms with E-state index in [1.807, 2.05) is 6.92 Å². The van der Waals surface area contributed by atoms with Gasteiger partial charge in [0.2, 0.25) is 15.9 Å². The first-order chi connectivity index (χ1) is 10.6. The lowest BCUT2D eigenvalue weighted by atomic mass is 10.3. The molecular weight excluding hydrogens is 302 g/mol. The van der Waals surface area contributed by atoms with Crippen LogP contribution in [0.4, 0.5) is 0 Å². The van der Waals surface area contributed by atoms with E-state index in [1.54, 1.807) is 35.2 Å². The highest BCUT2D eigenvalue weighted by molar-refractivity contribution is 7.89. The summed E-state index contributed by atoms with van der Waals surface area (Å²) >= 11 is 0. The zero-order valence-electron chi connectivity index (χ0n) is 12.9. The van der Waals surface area contributed by atoms with Gasteiger partial charge in [0.05, 0.1) is 11.4 Å². The lowest BCUT2D eigenvalue weighted by molar-refractivity contribution is -0.131. The molecule has 1 heterocycles. The van der Waals surface area contributed by atoms with Gasteiger partial charge in [0.25, 0.3) is 0 Å². The van der Waals surface area contributed by atoms with E-state index in [1.165, 1.54) is 4.31 Å². The van der Waals surface area contributed by atoms with Crippen molar-refractivity contribution in [1.29, 1.82) is 0 Å². The lowest BCUT2D eigenvalue weighted by Crippen LogP contribution is -2.50. The van der Waals surface area contributed by atoms with Crippen LogP contribution in [0.3, 0.4) is 0 Å². The summed E-state index contributed by atoms with van der Waals surface area (Å²) in [6.45, 7) is 4.92. The van der Waals surface area contributed by atoms with Gasteiger partial charge in [0, 0.05) is 32.7 Å². The van der Waals surface area contributed by atoms with Gasteiger partial charge in [-0.25, -0.2) is 8.42 Å². The van der Waals surface area contributed by atoms with Gasteiger partial charge in [-0.2, -0.15) is 4.31 Å². The molecule has 22 heavy (non-hydrogen) atoms. The Kier molecular flexibility index (Phi) is 5.93. The van der Waals surface area contributed by atoms with Crippen LogP contribution in [0.5, 0.6) is 0 Å². The van der Waals surface area contributed by atoms with Crippen LogP contribution in [-0.4, -0.2) is 62.8 Å². The van der Waals surface area contributed by atoms with Crippen LogP contribution < -0.4 is 5.32 Å². The quantitative estimate of drug-likeness (QED) is 0.828. The fraction of sp³-hybridized carbons (Fsp3) is 0.533. The SMILES string of the molecule is CCCN(CC(=O)N1CCNCC1)S(=O)(=O)c1ccccc1. The Labute approximate surface area is 132 Å². The first-order valence-corrected chi connectivity index (χ1v) is 9.03. The molecular formula is C15H23N3O3S. The van der Waals surface area contributed by atoms with Crippen molar-refractivity contribution < 1.29 is 13.2 Å². The fourth-order valence-corrected chi connectivity index (χ4v) is 3.94. The molecule has 1 aliphatic rings. The van der Waals surface area contributed by atoms with Crippen LogP contribution in [0.2, 0.25) is 0 Å². The molecule has 122 valence electrons. The summed E-state index contributed by atoms with van der Waals surface area (Å²) < 4.78 is 26.7. The van der Waals surface area contributed by atoms with E-state index in [-0.39, 0.29) is 17.3 Å². The number of sulfonamides is 1. The molecule has 1 saturated heterocycles. The topological polar surface area (TPSA) is 69.7 Å². The van der Waals surface area contributed by atoms with Gasteiger partial charge < -0.3 is 10.2 Å². The number of nitrogens with zero attached hydrogens (tertiary/aromatic N) is 2. The maximum atomic E-state index is 12.7. The first-order valence-electron chi connectivity index (χ1n) is 7.59. The average Bonchev–Trinajstić information content (AvgIpc) is 2.56. The summed E-state index contributed by atoms with van der Waals surface area (Å²) in [5, 5.41) is 3.18. The van der Waals surface area contributed by atoms with Crippen molar-refractivity contribution in [2.24, 2.45) is 0 Å². The second kappa shape index (κ2) is 7.71. The van der Waals surface area contributed by atoms with E-state index in [4.69, 9.17) is 0 Å². The smallest absolute Gasteiger partial charge is 0.243 e. The molecule has 0 aromatic heterocycles. The Morgan fingerprint density at radius 1 is 1.23 bits per heavy atom. The van der Waals surface area contributed by atoms with Crippen molar-refractivity contribution in [2.45, 2.75) is 18.2 Å². The number of amides is 1. The Bertz CT molecular complexity index is 583. The zero-order valence-corrected chi connectivity index (χ0v) is 13.7. The van der Waals surface area contributed by atoms with Crippen LogP contribution in [0.25, 0.3) is 0 Å². The Hall–Kier alpha value is -1.44. The third kappa shape index (κ3) is 4.06. The number of hydrogen-bond acceptors (Lipinski definition) is 4. The lowest BCUT2D eigenvalue weighted by Gasteiger charge is -2.30. The minimum atomic E-state index is -3.63. The first kappa shape index (κ1) is 16.9. The molecule has 1 aromatic carbocycles. The highest BCUT2D eigenvalue weighted by atomic mass is 32.2. The van der Waals surface area contributed by atoms with Gasteiger partial charge in [-0.3, -0.25) is 4.79 Å². The largest absolute Gasteiger partial charge is 0.339 e. The number of carbonyl (C=O) groups is 1. The van der Waals surface area contributed by atoms with Crippen LogP contribution in [0.1, 0.15) is 13.3 Å². The molecule has 0 unspecified atom stereocenters. The molecule has 0 atom stereocenters. The molecule has 0 bridgehead atoms. The second-order valence-electron chi connectivity index (χ2n) is 5.28. The molecule has 1 aliphatic heterocycles. The van der Waals surface area contributed by atoms with E-state index < -0.39 is 10.0 Å². The maximum absolute atomic E-state index is 12.7. The normalized spacial score (nSPS) is 16.0. The summed E-state index contributed by atoms with van der Waals surface area (Å²) in [5.41, 5.74) is 0. The third-order valence-electron chi connectivity index (χ3n) is 3.64. The summed E-state index contributed by atoms with van der Waals surface area (Å²) in [5.74, 6) is -0.130. The number of carbonyl (C=O) groups excluding carboxylic acids is 1. The Morgan fingerprint density at radius 3 is 2.45 bits per heavy atom. The summed E-state index contributed by atoms with van der Waals surface area (Å²) in [6.07, 6.45) is 0.668. The van der Waals surface area contributed by atoms with Crippen molar-refractivity contribution in [2.75, 3.05) is 39.3 Å². The van der Waals surface area contributed by atoms with E-state index in [2.05, 4.69) is 5.32 Å². The van der Waals surface area contributed by atoms with Crippen LogP contribution >= 0.6 is 0 Å². The average molecular weight is 325 g/mol. The highest BCUT2D eigenvalue weighted by Crippen LogP contribution is 2.15. The highest BCUT2D eigenvalue weighted by Gasteiger charge is 2.28. The van der Waals surface area contributed by atoms with E-state index in [0.717, 1.165) is 13.1 Å². The number of hydrogen-bond donors (Lipinski definition) is 1. The van der Waals surface area contributed by atoms with E-state index in [0.29, 0.717) is 26.1 Å². The van der Waals surface area contributed by atoms with Crippen molar-refractivity contribution in [3.63, 3.8) is 0 Å². The number of benzene rings is 1.